The van der Waals surface area contributed by atoms with Crippen LogP contribution in [0.25, 0.3) is 22.3 Å². The van der Waals surface area contributed by atoms with E-state index in [1.165, 1.54) is 0 Å². The lowest BCUT2D eigenvalue weighted by Gasteiger charge is -2.17. The van der Waals surface area contributed by atoms with Gasteiger partial charge in [-0.2, -0.15) is 0 Å². The van der Waals surface area contributed by atoms with Crippen molar-refractivity contribution in [2.75, 3.05) is 26.2 Å². The zero-order valence-corrected chi connectivity index (χ0v) is 20.9. The van der Waals surface area contributed by atoms with Crippen LogP contribution < -0.4 is 4.74 Å². The molecule has 1 aromatic heterocycles. The Hall–Kier alpha value is -3.08. The maximum atomic E-state index is 13.5. The number of furan rings is 1. The molecular weight excluding hydrogens is 446 g/mol. The van der Waals surface area contributed by atoms with E-state index >= 15 is 0 Å². The highest BCUT2D eigenvalue weighted by Gasteiger charge is 2.23. The summed E-state index contributed by atoms with van der Waals surface area (Å²) in [6, 6.07) is 23.2. The number of ether oxygens (including phenoxy) is 1. The summed E-state index contributed by atoms with van der Waals surface area (Å²) < 4.78 is 12.1. The summed E-state index contributed by atoms with van der Waals surface area (Å²) in [5.41, 5.74) is 3.94. The minimum absolute atomic E-state index is 0. The molecule has 0 saturated carbocycles. The molecule has 0 aliphatic carbocycles. The molecule has 0 N–H and O–H groups in total. The van der Waals surface area contributed by atoms with Crippen LogP contribution in [0, 0.1) is 6.92 Å². The maximum absolute atomic E-state index is 13.5. The lowest BCUT2D eigenvalue weighted by molar-refractivity contribution is 0.104. The van der Waals surface area contributed by atoms with Crippen molar-refractivity contribution in [3.63, 3.8) is 0 Å². The van der Waals surface area contributed by atoms with Crippen molar-refractivity contribution in [1.82, 2.24) is 4.90 Å². The Bertz CT molecular complexity index is 1210. The third-order valence-electron chi connectivity index (χ3n) is 6.03. The standard InChI is InChI=1S/C29H31NO3.ClH/c1-4-30(5-2)19-8-20-32-24-17-15-23(16-18-24)29-27(25-9-6-7-10-26(25)33-29)28(31)22-13-11-21(3)12-14-22;/h6-7,9-18H,4-5,8,19-20H2,1-3H3;1H. The maximum Gasteiger partial charge on any atom is 0.197 e. The highest BCUT2D eigenvalue weighted by molar-refractivity contribution is 6.19. The monoisotopic (exact) mass is 477 g/mol. The molecule has 4 nitrogen and oxygen atoms in total. The van der Waals surface area contributed by atoms with Crippen LogP contribution in [0.3, 0.4) is 0 Å². The molecule has 1 heterocycles. The number of para-hydroxylation sites is 1. The van der Waals surface area contributed by atoms with E-state index in [0.717, 1.165) is 48.3 Å². The van der Waals surface area contributed by atoms with Crippen molar-refractivity contribution >= 4 is 29.2 Å². The molecule has 0 bridgehead atoms. The summed E-state index contributed by atoms with van der Waals surface area (Å²) in [6.07, 6.45) is 0.988. The Morgan fingerprint density at radius 1 is 0.912 bits per heavy atom. The highest BCUT2D eigenvalue weighted by atomic mass is 35.5. The Morgan fingerprint density at radius 3 is 2.26 bits per heavy atom. The van der Waals surface area contributed by atoms with Crippen LogP contribution in [-0.2, 0) is 0 Å². The van der Waals surface area contributed by atoms with Crippen LogP contribution in [-0.4, -0.2) is 36.9 Å². The van der Waals surface area contributed by atoms with Gasteiger partial charge in [-0.25, -0.2) is 0 Å². The molecule has 0 amide bonds. The van der Waals surface area contributed by atoms with Gasteiger partial charge in [-0.15, -0.1) is 12.4 Å². The summed E-state index contributed by atoms with van der Waals surface area (Å²) in [5, 5.41) is 0.829. The first-order valence-electron chi connectivity index (χ1n) is 11.7. The predicted octanol–water partition coefficient (Wildman–Crippen LogP) is 7.17. The van der Waals surface area contributed by atoms with Crippen LogP contribution in [0.4, 0.5) is 0 Å². The van der Waals surface area contributed by atoms with Crippen LogP contribution >= 0.6 is 12.4 Å². The molecule has 0 aliphatic rings. The van der Waals surface area contributed by atoms with E-state index in [9.17, 15) is 4.79 Å². The minimum atomic E-state index is -0.0355. The van der Waals surface area contributed by atoms with Gasteiger partial charge in [0.05, 0.1) is 12.2 Å². The first-order chi connectivity index (χ1) is 16.1. The van der Waals surface area contributed by atoms with Crippen molar-refractivity contribution < 1.29 is 13.9 Å². The average molecular weight is 478 g/mol. The number of fused-ring (bicyclic) bond motifs is 1. The molecule has 178 valence electrons. The van der Waals surface area contributed by atoms with Gasteiger partial charge in [-0.3, -0.25) is 4.79 Å². The first-order valence-corrected chi connectivity index (χ1v) is 11.7. The molecule has 0 atom stereocenters. The summed E-state index contributed by atoms with van der Waals surface area (Å²) in [6.45, 7) is 10.2. The van der Waals surface area contributed by atoms with Gasteiger partial charge >= 0.3 is 0 Å². The summed E-state index contributed by atoms with van der Waals surface area (Å²) in [4.78, 5) is 15.9. The van der Waals surface area contributed by atoms with Crippen molar-refractivity contribution in [1.29, 1.82) is 0 Å². The number of ketones is 1. The number of carbonyl (C=O) groups excluding carboxylic acids is 1. The van der Waals surface area contributed by atoms with Crippen LogP contribution in [0.2, 0.25) is 0 Å². The number of aryl methyl sites for hydroxylation is 1. The number of halogens is 1. The number of benzene rings is 3. The van der Waals surface area contributed by atoms with E-state index in [1.54, 1.807) is 0 Å². The fraction of sp³-hybridized carbons (Fsp3) is 0.276. The molecule has 3 aromatic carbocycles. The lowest BCUT2D eigenvalue weighted by atomic mass is 9.97. The molecule has 34 heavy (non-hydrogen) atoms. The second kappa shape index (κ2) is 11.9. The third kappa shape index (κ3) is 5.69. The van der Waals surface area contributed by atoms with E-state index in [1.807, 2.05) is 79.7 Å². The zero-order valence-electron chi connectivity index (χ0n) is 20.0. The minimum Gasteiger partial charge on any atom is -0.494 e. The van der Waals surface area contributed by atoms with Crippen LogP contribution in [0.5, 0.6) is 5.75 Å². The van der Waals surface area contributed by atoms with E-state index < -0.39 is 0 Å². The largest absolute Gasteiger partial charge is 0.494 e. The highest BCUT2D eigenvalue weighted by Crippen LogP contribution is 2.35. The van der Waals surface area contributed by atoms with Gasteiger partial charge in [0, 0.05) is 23.1 Å². The van der Waals surface area contributed by atoms with Gasteiger partial charge in [-0.1, -0.05) is 61.9 Å². The van der Waals surface area contributed by atoms with Gasteiger partial charge < -0.3 is 14.1 Å². The molecule has 0 spiro atoms. The van der Waals surface area contributed by atoms with E-state index in [4.69, 9.17) is 9.15 Å². The van der Waals surface area contributed by atoms with Crippen molar-refractivity contribution in [2.45, 2.75) is 27.2 Å². The molecule has 4 rings (SSSR count). The van der Waals surface area contributed by atoms with Crippen LogP contribution in [0.1, 0.15) is 41.8 Å². The van der Waals surface area contributed by atoms with Crippen molar-refractivity contribution in [2.24, 2.45) is 0 Å². The lowest BCUT2D eigenvalue weighted by Crippen LogP contribution is -2.25. The SMILES string of the molecule is CCN(CC)CCCOc1ccc(-c2oc3ccccc3c2C(=O)c2ccc(C)cc2)cc1.Cl. The van der Waals surface area contributed by atoms with Crippen molar-refractivity contribution in [3.05, 3.63) is 89.5 Å². The van der Waals surface area contributed by atoms with Gasteiger partial charge in [0.2, 0.25) is 0 Å². The number of hydrogen-bond donors (Lipinski definition) is 0. The Morgan fingerprint density at radius 2 is 1.59 bits per heavy atom. The quantitative estimate of drug-likeness (QED) is 0.179. The number of hydrogen-bond acceptors (Lipinski definition) is 4. The van der Waals surface area contributed by atoms with Crippen molar-refractivity contribution in [3.8, 4) is 17.1 Å². The Kier molecular flexibility index (Phi) is 8.91. The molecule has 5 heteroatoms. The van der Waals surface area contributed by atoms with E-state index in [-0.39, 0.29) is 18.2 Å². The number of rotatable bonds is 10. The van der Waals surface area contributed by atoms with Gasteiger partial charge in [0.25, 0.3) is 0 Å². The number of nitrogens with zero attached hydrogens (tertiary/aromatic N) is 1. The topological polar surface area (TPSA) is 42.7 Å². The van der Waals surface area contributed by atoms with Crippen LogP contribution in [0.15, 0.2) is 77.2 Å². The predicted molar refractivity (Wildman–Crippen MR) is 141 cm³/mol. The summed E-state index contributed by atoms with van der Waals surface area (Å²) in [7, 11) is 0. The normalized spacial score (nSPS) is 10.9. The second-order valence-electron chi connectivity index (χ2n) is 8.25. The molecule has 0 radical (unpaired) electrons. The zero-order chi connectivity index (χ0) is 23.2. The summed E-state index contributed by atoms with van der Waals surface area (Å²) >= 11 is 0. The molecule has 4 aromatic rings. The summed E-state index contributed by atoms with van der Waals surface area (Å²) in [5.74, 6) is 1.38. The molecular formula is C29H32ClNO3. The third-order valence-corrected chi connectivity index (χ3v) is 6.03. The average Bonchev–Trinajstić information content (AvgIpc) is 3.24. The number of carbonyl (C=O) groups is 1. The first kappa shape index (κ1) is 25.5. The van der Waals surface area contributed by atoms with Gasteiger partial charge in [0.1, 0.15) is 17.1 Å². The van der Waals surface area contributed by atoms with E-state index in [2.05, 4.69) is 18.7 Å². The Labute approximate surface area is 207 Å². The smallest absolute Gasteiger partial charge is 0.197 e. The molecule has 0 aliphatic heterocycles. The fourth-order valence-corrected chi connectivity index (χ4v) is 4.04. The fourth-order valence-electron chi connectivity index (χ4n) is 4.04. The van der Waals surface area contributed by atoms with E-state index in [0.29, 0.717) is 29.1 Å². The molecule has 0 unspecified atom stereocenters. The van der Waals surface area contributed by atoms with Gasteiger partial charge in [-0.05, 0) is 56.8 Å². The van der Waals surface area contributed by atoms with Gasteiger partial charge in [0.15, 0.2) is 5.78 Å². The molecule has 0 fully saturated rings. The molecule has 0 saturated heterocycles. The second-order valence-corrected chi connectivity index (χ2v) is 8.25. The Balaban J connectivity index is 0.00000324.